The first-order chi connectivity index (χ1) is 16.6. The zero-order valence-electron chi connectivity index (χ0n) is 18.7. The average Bonchev–Trinajstić information content (AvgIpc) is 3.20. The third kappa shape index (κ3) is 3.83. The number of nitrogens with zero attached hydrogens (tertiary/aromatic N) is 5. The molecule has 35 heavy (non-hydrogen) atoms. The van der Waals surface area contributed by atoms with E-state index in [1.165, 1.54) is 21.7 Å². The van der Waals surface area contributed by atoms with Gasteiger partial charge in [-0.1, -0.05) is 0 Å². The molecule has 4 heterocycles. The topological polar surface area (TPSA) is 99.2 Å². The van der Waals surface area contributed by atoms with E-state index in [0.717, 1.165) is 12.1 Å². The Labute approximate surface area is 196 Å². The largest absolute Gasteiger partial charge is 0.417 e. The second-order valence-corrected chi connectivity index (χ2v) is 8.46. The van der Waals surface area contributed by atoms with Crippen LogP contribution in [0.3, 0.4) is 0 Å². The van der Waals surface area contributed by atoms with Gasteiger partial charge >= 0.3 is 6.18 Å². The highest BCUT2D eigenvalue weighted by Crippen LogP contribution is 2.34. The van der Waals surface area contributed by atoms with Gasteiger partial charge < -0.3 is 15.4 Å². The summed E-state index contributed by atoms with van der Waals surface area (Å²) in [6, 6.07) is 3.37. The van der Waals surface area contributed by atoms with Gasteiger partial charge in [0.15, 0.2) is 0 Å². The number of hydrogen-bond acceptors (Lipinski definition) is 6. The number of rotatable bonds is 2. The van der Waals surface area contributed by atoms with E-state index in [1.54, 1.807) is 20.2 Å². The lowest BCUT2D eigenvalue weighted by atomic mass is 10.0. The molecule has 182 valence electrons. The van der Waals surface area contributed by atoms with Crippen molar-refractivity contribution in [3.63, 3.8) is 0 Å². The third-order valence-corrected chi connectivity index (χ3v) is 6.16. The van der Waals surface area contributed by atoms with Crippen LogP contribution in [0, 0.1) is 5.82 Å². The number of morpholine rings is 1. The highest BCUT2D eigenvalue weighted by molar-refractivity contribution is 6.10. The summed E-state index contributed by atoms with van der Waals surface area (Å²) in [5.41, 5.74) is 5.93. The number of aromatic nitrogens is 4. The molecule has 0 spiro atoms. The van der Waals surface area contributed by atoms with Crippen LogP contribution in [0.15, 0.2) is 36.7 Å². The Morgan fingerprint density at radius 1 is 1.17 bits per heavy atom. The van der Waals surface area contributed by atoms with Crippen molar-refractivity contribution in [2.45, 2.75) is 25.2 Å². The number of amides is 1. The van der Waals surface area contributed by atoms with Gasteiger partial charge in [-0.2, -0.15) is 18.3 Å². The van der Waals surface area contributed by atoms with Crippen LogP contribution in [-0.4, -0.2) is 49.8 Å². The van der Waals surface area contributed by atoms with Gasteiger partial charge in [0, 0.05) is 30.1 Å². The zero-order chi connectivity index (χ0) is 25.1. The van der Waals surface area contributed by atoms with Crippen LogP contribution < -0.4 is 5.73 Å². The summed E-state index contributed by atoms with van der Waals surface area (Å²) in [7, 11) is 1.69. The van der Waals surface area contributed by atoms with Crippen LogP contribution in [0.2, 0.25) is 0 Å². The zero-order valence-corrected chi connectivity index (χ0v) is 18.7. The fraction of sp³-hybridized carbons (Fsp3) is 0.304. The van der Waals surface area contributed by atoms with Gasteiger partial charge in [0.05, 0.1) is 53.8 Å². The Bertz CT molecular complexity index is 1450. The molecule has 2 N–H and O–H groups in total. The smallest absolute Gasteiger partial charge is 0.382 e. The van der Waals surface area contributed by atoms with E-state index in [0.29, 0.717) is 22.5 Å². The Kier molecular flexibility index (Phi) is 5.35. The first-order valence-electron chi connectivity index (χ1n) is 10.7. The van der Waals surface area contributed by atoms with E-state index in [9.17, 15) is 18.0 Å². The maximum absolute atomic E-state index is 15.2. The number of benzene rings is 1. The van der Waals surface area contributed by atoms with Gasteiger partial charge in [-0.15, -0.1) is 0 Å². The van der Waals surface area contributed by atoms with Gasteiger partial charge in [0.1, 0.15) is 17.2 Å². The van der Waals surface area contributed by atoms with Crippen LogP contribution in [0.5, 0.6) is 0 Å². The summed E-state index contributed by atoms with van der Waals surface area (Å²) in [4.78, 5) is 23.2. The first kappa shape index (κ1) is 23.0. The highest BCUT2D eigenvalue weighted by atomic mass is 19.4. The molecule has 5 rings (SSSR count). The van der Waals surface area contributed by atoms with Crippen LogP contribution in [-0.2, 0) is 18.0 Å². The summed E-state index contributed by atoms with van der Waals surface area (Å²) in [5.74, 6) is -1.25. The van der Waals surface area contributed by atoms with Crippen molar-refractivity contribution in [3.8, 4) is 0 Å². The lowest BCUT2D eigenvalue weighted by Crippen LogP contribution is -2.49. The molecule has 1 aromatic carbocycles. The van der Waals surface area contributed by atoms with Crippen LogP contribution in [0.4, 0.5) is 23.4 Å². The molecular weight excluding hydrogens is 468 g/mol. The lowest BCUT2D eigenvalue weighted by molar-refractivity contribution is -0.137. The molecule has 1 amide bonds. The monoisotopic (exact) mass is 488 g/mol. The van der Waals surface area contributed by atoms with E-state index in [4.69, 9.17) is 10.5 Å². The van der Waals surface area contributed by atoms with Crippen molar-refractivity contribution >= 4 is 33.5 Å². The first-order valence-corrected chi connectivity index (χ1v) is 10.7. The molecule has 1 fully saturated rings. The van der Waals surface area contributed by atoms with E-state index in [2.05, 4.69) is 15.1 Å². The van der Waals surface area contributed by atoms with Gasteiger partial charge in [-0.25, -0.2) is 9.37 Å². The number of alkyl halides is 3. The van der Waals surface area contributed by atoms with Crippen molar-refractivity contribution in [1.82, 2.24) is 24.6 Å². The molecule has 1 saturated heterocycles. The van der Waals surface area contributed by atoms with Crippen LogP contribution >= 0.6 is 0 Å². The molecule has 2 atom stereocenters. The van der Waals surface area contributed by atoms with E-state index in [1.807, 2.05) is 0 Å². The highest BCUT2D eigenvalue weighted by Gasteiger charge is 2.37. The van der Waals surface area contributed by atoms with Crippen molar-refractivity contribution in [1.29, 1.82) is 0 Å². The molecule has 8 nitrogen and oxygen atoms in total. The normalized spacial score (nSPS) is 19.0. The summed E-state index contributed by atoms with van der Waals surface area (Å²) in [5, 5.41) is 5.29. The SMILES string of the molecule is C[C@@H]1COC[C@H](c2ccc(C(F)(F)F)cn2)N1C(=O)c1cc2c(cc1F)nc(N)c1c2cnn1C. The lowest BCUT2D eigenvalue weighted by Gasteiger charge is -2.40. The second-order valence-electron chi connectivity index (χ2n) is 8.46. The third-order valence-electron chi connectivity index (χ3n) is 6.16. The molecule has 1 aliphatic rings. The molecule has 0 bridgehead atoms. The number of anilines is 1. The summed E-state index contributed by atoms with van der Waals surface area (Å²) in [6.07, 6.45) is -2.27. The van der Waals surface area contributed by atoms with Crippen molar-refractivity contribution < 1.29 is 27.1 Å². The number of nitrogens with two attached hydrogens (primary N) is 1. The number of halogens is 4. The minimum atomic E-state index is -4.54. The Morgan fingerprint density at radius 2 is 1.94 bits per heavy atom. The van der Waals surface area contributed by atoms with Gasteiger partial charge in [-0.05, 0) is 25.1 Å². The molecular formula is C23H20F4N6O2. The number of nitrogen functional groups attached to an aromatic ring is 1. The molecule has 0 saturated carbocycles. The minimum absolute atomic E-state index is 0.00852. The van der Waals surface area contributed by atoms with Gasteiger partial charge in [-0.3, -0.25) is 14.5 Å². The molecule has 0 aliphatic carbocycles. The molecule has 12 heteroatoms. The van der Waals surface area contributed by atoms with Crippen molar-refractivity contribution in [2.75, 3.05) is 18.9 Å². The molecule has 4 aromatic rings. The average molecular weight is 488 g/mol. The van der Waals surface area contributed by atoms with Crippen LogP contribution in [0.1, 0.15) is 34.6 Å². The minimum Gasteiger partial charge on any atom is -0.382 e. The number of pyridine rings is 2. The number of ether oxygens (including phenoxy) is 1. The summed E-state index contributed by atoms with van der Waals surface area (Å²) >= 11 is 0. The summed E-state index contributed by atoms with van der Waals surface area (Å²) < 4.78 is 61.2. The van der Waals surface area contributed by atoms with Gasteiger partial charge in [0.25, 0.3) is 5.91 Å². The molecule has 3 aromatic heterocycles. The van der Waals surface area contributed by atoms with Gasteiger partial charge in [0.2, 0.25) is 0 Å². The fourth-order valence-electron chi connectivity index (χ4n) is 4.45. The standard InChI is InChI=1S/C23H20F4N6O2/c1-11-9-35-10-19(17-4-3-12(7-29-17)23(25,26)27)33(11)22(34)14-5-13-15-8-30-32(2)20(15)21(28)31-18(13)6-16(14)24/h3-8,11,19H,9-10H2,1-2H3,(H2,28,31)/t11-,19-/m1/s1. The van der Waals surface area contributed by atoms with E-state index in [-0.39, 0.29) is 35.8 Å². The van der Waals surface area contributed by atoms with Crippen LogP contribution in [0.25, 0.3) is 21.8 Å². The van der Waals surface area contributed by atoms with Crippen molar-refractivity contribution in [2.24, 2.45) is 7.05 Å². The molecule has 1 aliphatic heterocycles. The predicted molar refractivity (Wildman–Crippen MR) is 119 cm³/mol. The van der Waals surface area contributed by atoms with E-state index < -0.39 is 35.5 Å². The number of carbonyl (C=O) groups is 1. The Balaban J connectivity index is 1.59. The predicted octanol–water partition coefficient (Wildman–Crippen LogP) is 3.86. The molecule has 0 radical (unpaired) electrons. The molecule has 0 unspecified atom stereocenters. The van der Waals surface area contributed by atoms with Crippen molar-refractivity contribution in [3.05, 3.63) is 59.3 Å². The maximum Gasteiger partial charge on any atom is 0.417 e. The number of carbonyl (C=O) groups excluding carboxylic acids is 1. The summed E-state index contributed by atoms with van der Waals surface area (Å²) in [6.45, 7) is 1.91. The number of hydrogen-bond donors (Lipinski definition) is 1. The fourth-order valence-corrected chi connectivity index (χ4v) is 4.45. The number of aryl methyl sites for hydroxylation is 1. The Morgan fingerprint density at radius 3 is 2.63 bits per heavy atom. The number of fused-ring (bicyclic) bond motifs is 3. The maximum atomic E-state index is 15.2. The quantitative estimate of drug-likeness (QED) is 0.431. The van der Waals surface area contributed by atoms with E-state index >= 15 is 4.39 Å². The Hall–Kier alpha value is -3.80. The second kappa shape index (κ2) is 8.15.